The fourth-order valence-electron chi connectivity index (χ4n) is 2.72. The van der Waals surface area contributed by atoms with Gasteiger partial charge in [0.15, 0.2) is 0 Å². The molecule has 1 saturated heterocycles. The third kappa shape index (κ3) is 3.14. The van der Waals surface area contributed by atoms with Crippen molar-refractivity contribution in [3.63, 3.8) is 0 Å². The van der Waals surface area contributed by atoms with Gasteiger partial charge in [-0.05, 0) is 42.9 Å². The first-order valence-electron chi connectivity index (χ1n) is 7.19. The second-order valence-electron chi connectivity index (χ2n) is 5.54. The number of nitrogens with two attached hydrogens (primary N) is 1. The molecular formula is C14H20N2O4S. The first-order chi connectivity index (χ1) is 10.1. The van der Waals surface area contributed by atoms with E-state index in [9.17, 15) is 8.42 Å². The lowest BCUT2D eigenvalue weighted by atomic mass is 10.1. The molecule has 0 amide bonds. The minimum Gasteiger partial charge on any atom is -0.492 e. The fraction of sp³-hybridized carbons (Fsp3) is 0.571. The minimum atomic E-state index is -3.62. The fourth-order valence-corrected chi connectivity index (χ4v) is 4.06. The number of nitrogen functional groups attached to an aromatic ring is 1. The molecule has 0 aliphatic carbocycles. The molecule has 1 aromatic carbocycles. The van der Waals surface area contributed by atoms with Gasteiger partial charge >= 0.3 is 0 Å². The zero-order valence-corrected chi connectivity index (χ0v) is 12.6. The van der Waals surface area contributed by atoms with Gasteiger partial charge in [0.1, 0.15) is 10.6 Å². The molecule has 0 aromatic heterocycles. The maximum absolute atomic E-state index is 12.5. The Morgan fingerprint density at radius 1 is 1.33 bits per heavy atom. The standard InChI is InChI=1S/C14H20N2O4S/c15-12-6-11-2-1-4-20-14(11)13(7-12)21(17,18)16-8-10-3-5-19-9-10/h6-7,10,16H,1-5,8-9,15H2. The van der Waals surface area contributed by atoms with Crippen molar-refractivity contribution in [1.29, 1.82) is 0 Å². The molecule has 0 spiro atoms. The summed E-state index contributed by atoms with van der Waals surface area (Å²) in [7, 11) is -3.62. The predicted octanol–water partition coefficient (Wildman–Crippen LogP) is 0.909. The van der Waals surface area contributed by atoms with Crippen molar-refractivity contribution in [3.05, 3.63) is 17.7 Å². The van der Waals surface area contributed by atoms with E-state index in [2.05, 4.69) is 4.72 Å². The van der Waals surface area contributed by atoms with Crippen LogP contribution in [0.25, 0.3) is 0 Å². The zero-order valence-electron chi connectivity index (χ0n) is 11.8. The Morgan fingerprint density at radius 2 is 2.19 bits per heavy atom. The molecule has 1 aromatic rings. The maximum Gasteiger partial charge on any atom is 0.244 e. The highest BCUT2D eigenvalue weighted by Crippen LogP contribution is 2.34. The van der Waals surface area contributed by atoms with Crippen molar-refractivity contribution in [1.82, 2.24) is 4.72 Å². The predicted molar refractivity (Wildman–Crippen MR) is 78.8 cm³/mol. The van der Waals surface area contributed by atoms with Crippen LogP contribution in [0.15, 0.2) is 17.0 Å². The number of hydrogen-bond acceptors (Lipinski definition) is 5. The van der Waals surface area contributed by atoms with Gasteiger partial charge in [0.25, 0.3) is 0 Å². The molecule has 1 atom stereocenters. The topological polar surface area (TPSA) is 90.7 Å². The molecule has 2 aliphatic heterocycles. The molecule has 0 saturated carbocycles. The molecule has 0 radical (unpaired) electrons. The molecule has 2 aliphatic rings. The summed E-state index contributed by atoms with van der Waals surface area (Å²) in [5.41, 5.74) is 7.14. The molecule has 116 valence electrons. The highest BCUT2D eigenvalue weighted by atomic mass is 32.2. The van der Waals surface area contributed by atoms with Gasteiger partial charge in [-0.3, -0.25) is 0 Å². The quantitative estimate of drug-likeness (QED) is 0.806. The molecule has 3 N–H and O–H groups in total. The highest BCUT2D eigenvalue weighted by molar-refractivity contribution is 7.89. The Kier molecular flexibility index (Phi) is 4.05. The Hall–Kier alpha value is -1.31. The van der Waals surface area contributed by atoms with E-state index in [0.717, 1.165) is 24.8 Å². The lowest BCUT2D eigenvalue weighted by Crippen LogP contribution is -2.30. The lowest BCUT2D eigenvalue weighted by molar-refractivity contribution is 0.186. The van der Waals surface area contributed by atoms with E-state index >= 15 is 0 Å². The highest BCUT2D eigenvalue weighted by Gasteiger charge is 2.26. The van der Waals surface area contributed by atoms with Crippen molar-refractivity contribution in [2.75, 3.05) is 32.1 Å². The summed E-state index contributed by atoms with van der Waals surface area (Å²) < 4.78 is 38.5. The summed E-state index contributed by atoms with van der Waals surface area (Å²) in [5, 5.41) is 0. The van der Waals surface area contributed by atoms with Crippen molar-refractivity contribution >= 4 is 15.7 Å². The zero-order chi connectivity index (χ0) is 14.9. The van der Waals surface area contributed by atoms with E-state index in [1.807, 2.05) is 0 Å². The third-order valence-electron chi connectivity index (χ3n) is 3.87. The Balaban J connectivity index is 1.85. The van der Waals surface area contributed by atoms with E-state index in [-0.39, 0.29) is 10.8 Å². The van der Waals surface area contributed by atoms with Crippen LogP contribution in [0.4, 0.5) is 5.69 Å². The average Bonchev–Trinajstić information content (AvgIpc) is 2.97. The number of nitrogens with one attached hydrogen (secondary N) is 1. The van der Waals surface area contributed by atoms with E-state index in [1.165, 1.54) is 6.07 Å². The molecule has 0 bridgehead atoms. The summed E-state index contributed by atoms with van der Waals surface area (Å²) in [6, 6.07) is 3.26. The van der Waals surface area contributed by atoms with Crippen LogP contribution < -0.4 is 15.2 Å². The third-order valence-corrected chi connectivity index (χ3v) is 5.30. The van der Waals surface area contributed by atoms with Crippen molar-refractivity contribution in [2.45, 2.75) is 24.2 Å². The Labute approximate surface area is 124 Å². The number of hydrogen-bond donors (Lipinski definition) is 2. The molecule has 7 heteroatoms. The van der Waals surface area contributed by atoms with Crippen molar-refractivity contribution < 1.29 is 17.9 Å². The summed E-state index contributed by atoms with van der Waals surface area (Å²) in [6.45, 7) is 2.22. The lowest BCUT2D eigenvalue weighted by Gasteiger charge is -2.21. The number of rotatable bonds is 4. The molecule has 6 nitrogen and oxygen atoms in total. The minimum absolute atomic E-state index is 0.149. The molecule has 2 heterocycles. The first kappa shape index (κ1) is 14.6. The van der Waals surface area contributed by atoms with Crippen LogP contribution in [-0.2, 0) is 21.2 Å². The number of sulfonamides is 1. The van der Waals surface area contributed by atoms with Crippen LogP contribution in [0.3, 0.4) is 0 Å². The number of ether oxygens (including phenoxy) is 2. The van der Waals surface area contributed by atoms with Crippen LogP contribution in [0, 0.1) is 5.92 Å². The van der Waals surface area contributed by atoms with Gasteiger partial charge in [-0.1, -0.05) is 0 Å². The van der Waals surface area contributed by atoms with Crippen LogP contribution in [0.1, 0.15) is 18.4 Å². The average molecular weight is 312 g/mol. The van der Waals surface area contributed by atoms with Gasteiger partial charge in [0.2, 0.25) is 10.0 Å². The maximum atomic E-state index is 12.5. The van der Waals surface area contributed by atoms with E-state index in [4.69, 9.17) is 15.2 Å². The van der Waals surface area contributed by atoms with Gasteiger partial charge in [-0.25, -0.2) is 13.1 Å². The monoisotopic (exact) mass is 312 g/mol. The van der Waals surface area contributed by atoms with E-state index in [0.29, 0.717) is 37.8 Å². The van der Waals surface area contributed by atoms with Gasteiger partial charge in [0, 0.05) is 18.8 Å². The number of aryl methyl sites for hydroxylation is 1. The molecule has 1 fully saturated rings. The summed E-state index contributed by atoms with van der Waals surface area (Å²) >= 11 is 0. The molecule has 3 rings (SSSR count). The van der Waals surface area contributed by atoms with Crippen molar-refractivity contribution in [3.8, 4) is 5.75 Å². The van der Waals surface area contributed by atoms with Gasteiger partial charge in [0.05, 0.1) is 13.2 Å². The van der Waals surface area contributed by atoms with E-state index in [1.54, 1.807) is 6.07 Å². The number of fused-ring (bicyclic) bond motifs is 1. The number of anilines is 1. The first-order valence-corrected chi connectivity index (χ1v) is 8.67. The van der Waals surface area contributed by atoms with Gasteiger partial charge in [-0.2, -0.15) is 0 Å². The van der Waals surface area contributed by atoms with E-state index < -0.39 is 10.0 Å². The second kappa shape index (κ2) is 5.82. The Bertz CT molecular complexity index is 624. The normalized spacial score (nSPS) is 21.8. The van der Waals surface area contributed by atoms with Crippen LogP contribution >= 0.6 is 0 Å². The van der Waals surface area contributed by atoms with Crippen molar-refractivity contribution in [2.24, 2.45) is 5.92 Å². The largest absolute Gasteiger partial charge is 0.492 e. The SMILES string of the molecule is Nc1cc2c(c(S(=O)(=O)NCC3CCOC3)c1)OCCC2. The number of benzene rings is 1. The van der Waals surface area contributed by atoms with Gasteiger partial charge in [-0.15, -0.1) is 0 Å². The second-order valence-corrected chi connectivity index (χ2v) is 7.28. The van der Waals surface area contributed by atoms with Crippen LogP contribution in [0.2, 0.25) is 0 Å². The smallest absolute Gasteiger partial charge is 0.244 e. The molecule has 21 heavy (non-hydrogen) atoms. The van der Waals surface area contributed by atoms with Crippen LogP contribution in [0.5, 0.6) is 5.75 Å². The van der Waals surface area contributed by atoms with Gasteiger partial charge < -0.3 is 15.2 Å². The summed E-state index contributed by atoms with van der Waals surface area (Å²) in [4.78, 5) is 0.149. The van der Waals surface area contributed by atoms with Crippen LogP contribution in [-0.4, -0.2) is 34.8 Å². The molecule has 1 unspecified atom stereocenters. The summed E-state index contributed by atoms with van der Waals surface area (Å²) in [6.07, 6.45) is 2.55. The summed E-state index contributed by atoms with van der Waals surface area (Å²) in [5.74, 6) is 0.684. The Morgan fingerprint density at radius 3 is 2.95 bits per heavy atom. The molecular weight excluding hydrogens is 292 g/mol.